The van der Waals surface area contributed by atoms with Crippen LogP contribution in [-0.4, -0.2) is 23.2 Å². The zero-order valence-corrected chi connectivity index (χ0v) is 17.6. The molecule has 1 aliphatic heterocycles. The van der Waals surface area contributed by atoms with Crippen LogP contribution < -0.4 is 0 Å². The fourth-order valence-electron chi connectivity index (χ4n) is 4.13. The average molecular weight is 440 g/mol. The number of amides is 1. The molecular weight excluding hydrogens is 421 g/mol. The third-order valence-corrected chi connectivity index (χ3v) is 5.95. The minimum Gasteiger partial charge on any atom is -0.273 e. The Labute approximate surface area is 184 Å². The Morgan fingerprint density at radius 2 is 1.83 bits per heavy atom. The molecule has 0 radical (unpaired) electrons. The zero-order valence-electron chi connectivity index (χ0n) is 16.1. The molecule has 0 bridgehead atoms. The van der Waals surface area contributed by atoms with Crippen LogP contribution in [0.5, 0.6) is 0 Å². The normalized spacial score (nSPS) is 21.7. The third kappa shape index (κ3) is 4.21. The molecule has 1 heterocycles. The molecule has 152 valence electrons. The van der Waals surface area contributed by atoms with E-state index in [1.165, 1.54) is 5.01 Å². The van der Waals surface area contributed by atoms with Crippen LogP contribution in [0, 0.1) is 5.92 Å². The summed E-state index contributed by atoms with van der Waals surface area (Å²) < 4.78 is 0. The van der Waals surface area contributed by atoms with Gasteiger partial charge >= 0.3 is 0 Å². The van der Waals surface area contributed by atoms with Crippen LogP contribution in [0.1, 0.15) is 36.4 Å². The Bertz CT molecular complexity index is 1060. The summed E-state index contributed by atoms with van der Waals surface area (Å²) in [6.07, 6.45) is 4.94. The van der Waals surface area contributed by atoms with E-state index in [1.54, 1.807) is 0 Å². The number of carbonyl (C=O) groups is 1. The van der Waals surface area contributed by atoms with E-state index in [1.807, 2.05) is 48.5 Å². The van der Waals surface area contributed by atoms with Gasteiger partial charge < -0.3 is 0 Å². The van der Waals surface area contributed by atoms with E-state index in [0.29, 0.717) is 10.0 Å². The second-order valence-corrected chi connectivity index (χ2v) is 8.20. The largest absolute Gasteiger partial charge is 0.273 e. The molecule has 2 aromatic carbocycles. The number of azide groups is 1. The van der Waals surface area contributed by atoms with Crippen molar-refractivity contribution in [3.63, 3.8) is 0 Å². The topological polar surface area (TPSA) is 81.4 Å². The van der Waals surface area contributed by atoms with E-state index in [0.717, 1.165) is 41.7 Å². The molecule has 1 amide bonds. The maximum Gasteiger partial charge on any atom is 0.249 e. The molecule has 8 heteroatoms. The van der Waals surface area contributed by atoms with Crippen LogP contribution in [0.4, 0.5) is 0 Å². The highest BCUT2D eigenvalue weighted by molar-refractivity contribution is 6.30. The van der Waals surface area contributed by atoms with Gasteiger partial charge in [-0.15, -0.1) is 0 Å². The number of hydrazone groups is 1. The number of hydrogen-bond acceptors (Lipinski definition) is 3. The van der Waals surface area contributed by atoms with Crippen molar-refractivity contribution in [2.45, 2.75) is 25.3 Å². The van der Waals surface area contributed by atoms with Gasteiger partial charge in [0.25, 0.3) is 0 Å². The molecule has 2 atom stereocenters. The first-order chi connectivity index (χ1) is 14.6. The SMILES string of the molecule is [N-]=[N+]=NCC(=O)N1N=C2/C(=C\c3ccc(Cl)cc3)CCC[C@H]2[C@@H]1c1ccc(Cl)cc1. The molecule has 0 spiro atoms. The van der Waals surface area contributed by atoms with Gasteiger partial charge in [-0.2, -0.15) is 5.10 Å². The Hall–Kier alpha value is -2.79. The number of hydrogen-bond donors (Lipinski definition) is 0. The quantitative estimate of drug-likeness (QED) is 0.307. The maximum absolute atomic E-state index is 12.8. The van der Waals surface area contributed by atoms with Gasteiger partial charge in [-0.3, -0.25) is 4.79 Å². The summed E-state index contributed by atoms with van der Waals surface area (Å²) in [6, 6.07) is 14.9. The highest BCUT2D eigenvalue weighted by atomic mass is 35.5. The molecule has 0 aromatic heterocycles. The van der Waals surface area contributed by atoms with Crippen LogP contribution >= 0.6 is 23.2 Å². The van der Waals surface area contributed by atoms with Crippen LogP contribution in [0.15, 0.2) is 64.3 Å². The van der Waals surface area contributed by atoms with E-state index >= 15 is 0 Å². The molecule has 0 saturated heterocycles. The van der Waals surface area contributed by atoms with E-state index < -0.39 is 0 Å². The maximum atomic E-state index is 12.8. The number of rotatable bonds is 4. The molecular formula is C22H19Cl2N5O. The predicted molar refractivity (Wildman–Crippen MR) is 119 cm³/mol. The fraction of sp³-hybridized carbons (Fsp3) is 0.273. The first kappa shape index (κ1) is 20.5. The minimum atomic E-state index is -0.319. The first-order valence-corrected chi connectivity index (χ1v) is 10.5. The molecule has 4 rings (SSSR count). The summed E-state index contributed by atoms with van der Waals surface area (Å²) in [5.74, 6) is -0.242. The Morgan fingerprint density at radius 3 is 2.50 bits per heavy atom. The Morgan fingerprint density at radius 1 is 1.17 bits per heavy atom. The van der Waals surface area contributed by atoms with E-state index in [4.69, 9.17) is 33.8 Å². The lowest BCUT2D eigenvalue weighted by Gasteiger charge is -2.29. The number of fused-ring (bicyclic) bond motifs is 1. The summed E-state index contributed by atoms with van der Waals surface area (Å²) in [7, 11) is 0. The Balaban J connectivity index is 1.73. The molecule has 30 heavy (non-hydrogen) atoms. The van der Waals surface area contributed by atoms with Gasteiger partial charge in [-0.1, -0.05) is 52.6 Å². The zero-order chi connectivity index (χ0) is 21.1. The number of allylic oxidation sites excluding steroid dienone is 1. The van der Waals surface area contributed by atoms with Crippen molar-refractivity contribution >= 4 is 40.9 Å². The lowest BCUT2D eigenvalue weighted by Crippen LogP contribution is -2.33. The molecule has 0 N–H and O–H groups in total. The Kier molecular flexibility index (Phi) is 6.09. The van der Waals surface area contributed by atoms with Crippen molar-refractivity contribution in [1.82, 2.24) is 5.01 Å². The van der Waals surface area contributed by atoms with Gasteiger partial charge in [-0.25, -0.2) is 5.01 Å². The number of carbonyl (C=O) groups excluding carboxylic acids is 1. The van der Waals surface area contributed by atoms with Gasteiger partial charge in [0.1, 0.15) is 6.54 Å². The summed E-state index contributed by atoms with van der Waals surface area (Å²) in [5, 5.41) is 11.0. The lowest BCUT2D eigenvalue weighted by molar-refractivity contribution is -0.132. The molecule has 2 aliphatic rings. The van der Waals surface area contributed by atoms with Gasteiger partial charge in [-0.05, 0) is 71.8 Å². The standard InChI is InChI=1S/C22H19Cl2N5O/c23-17-8-4-14(5-9-17)12-16-2-1-3-19-21(16)27-29(20(30)13-26-28-25)22(19)15-6-10-18(24)11-7-15/h4-12,19,22H,1-3,13H2/b16-12-/t19-,22+/m1/s1. The molecule has 1 fully saturated rings. The van der Waals surface area contributed by atoms with Gasteiger partial charge in [0, 0.05) is 20.9 Å². The highest BCUT2D eigenvalue weighted by Crippen LogP contribution is 2.44. The summed E-state index contributed by atoms with van der Waals surface area (Å²) in [5.41, 5.74) is 12.7. The number of benzene rings is 2. The monoisotopic (exact) mass is 439 g/mol. The molecule has 1 saturated carbocycles. The second-order valence-electron chi connectivity index (χ2n) is 7.33. The minimum absolute atomic E-state index is 0.0773. The van der Waals surface area contributed by atoms with Crippen LogP contribution in [0.25, 0.3) is 16.5 Å². The van der Waals surface area contributed by atoms with Crippen molar-refractivity contribution < 1.29 is 4.79 Å². The summed E-state index contributed by atoms with van der Waals surface area (Å²) >= 11 is 12.1. The van der Waals surface area contributed by atoms with Crippen molar-refractivity contribution in [2.75, 3.05) is 6.54 Å². The number of nitrogens with zero attached hydrogens (tertiary/aromatic N) is 5. The number of halogens is 2. The molecule has 2 aromatic rings. The average Bonchev–Trinajstić information content (AvgIpc) is 3.15. The van der Waals surface area contributed by atoms with Crippen molar-refractivity contribution in [3.05, 3.63) is 85.7 Å². The van der Waals surface area contributed by atoms with Crippen LogP contribution in [0.2, 0.25) is 10.0 Å². The highest BCUT2D eigenvalue weighted by Gasteiger charge is 2.43. The van der Waals surface area contributed by atoms with E-state index in [2.05, 4.69) is 16.1 Å². The third-order valence-electron chi connectivity index (χ3n) is 5.45. The van der Waals surface area contributed by atoms with Gasteiger partial charge in [0.05, 0.1) is 11.8 Å². The van der Waals surface area contributed by atoms with E-state index in [-0.39, 0.29) is 24.4 Å². The first-order valence-electron chi connectivity index (χ1n) is 9.70. The van der Waals surface area contributed by atoms with Gasteiger partial charge in [0.15, 0.2) is 0 Å². The molecule has 1 aliphatic carbocycles. The summed E-state index contributed by atoms with van der Waals surface area (Å²) in [4.78, 5) is 15.5. The van der Waals surface area contributed by atoms with Crippen molar-refractivity contribution in [3.8, 4) is 0 Å². The second kappa shape index (κ2) is 8.92. The molecule has 6 nitrogen and oxygen atoms in total. The summed E-state index contributed by atoms with van der Waals surface area (Å²) in [6.45, 7) is -0.264. The van der Waals surface area contributed by atoms with Crippen molar-refractivity contribution in [2.24, 2.45) is 16.1 Å². The van der Waals surface area contributed by atoms with Gasteiger partial charge in [0.2, 0.25) is 5.91 Å². The fourth-order valence-corrected chi connectivity index (χ4v) is 4.38. The lowest BCUT2D eigenvalue weighted by atomic mass is 9.77. The van der Waals surface area contributed by atoms with Crippen LogP contribution in [0.3, 0.4) is 0 Å². The van der Waals surface area contributed by atoms with Crippen LogP contribution in [-0.2, 0) is 4.79 Å². The van der Waals surface area contributed by atoms with Crippen molar-refractivity contribution in [1.29, 1.82) is 0 Å². The predicted octanol–water partition coefficient (Wildman–Crippen LogP) is 6.43. The smallest absolute Gasteiger partial charge is 0.249 e. The molecule has 0 unspecified atom stereocenters. The van der Waals surface area contributed by atoms with E-state index in [9.17, 15) is 4.79 Å².